The number of hydrogen-bond acceptors (Lipinski definition) is 1. The molecule has 0 saturated heterocycles. The Bertz CT molecular complexity index is 881. The van der Waals surface area contributed by atoms with E-state index >= 15 is 0 Å². The lowest BCUT2D eigenvalue weighted by atomic mass is 10.0. The van der Waals surface area contributed by atoms with Crippen LogP contribution >= 0.6 is 11.8 Å². The first-order valence-electron chi connectivity index (χ1n) is 7.81. The molecule has 0 unspecified atom stereocenters. The van der Waals surface area contributed by atoms with E-state index in [9.17, 15) is 0 Å². The molecular weight excluding hydrogens is 298 g/mol. The van der Waals surface area contributed by atoms with Crippen molar-refractivity contribution in [3.05, 3.63) is 83.9 Å². The highest BCUT2D eigenvalue weighted by atomic mass is 32.2. The van der Waals surface area contributed by atoms with E-state index in [1.807, 2.05) is 11.8 Å². The van der Waals surface area contributed by atoms with E-state index in [4.69, 9.17) is 0 Å². The summed E-state index contributed by atoms with van der Waals surface area (Å²) in [6.45, 7) is 2.19. The summed E-state index contributed by atoms with van der Waals surface area (Å²) in [5.74, 6) is 0.946. The van der Waals surface area contributed by atoms with Crippen molar-refractivity contribution in [3.63, 3.8) is 0 Å². The van der Waals surface area contributed by atoms with E-state index < -0.39 is 0 Å². The van der Waals surface area contributed by atoms with Crippen molar-refractivity contribution >= 4 is 23.7 Å². The van der Waals surface area contributed by atoms with Gasteiger partial charge >= 0.3 is 0 Å². The molecule has 4 rings (SSSR count). The Kier molecular flexibility index (Phi) is 3.76. The molecule has 3 aromatic carbocycles. The number of aryl methyl sites for hydroxylation is 1. The highest BCUT2D eigenvalue weighted by molar-refractivity contribution is 7.99. The molecule has 3 aromatic rings. The second-order valence-corrected chi connectivity index (χ2v) is 6.70. The number of para-hydroxylation sites is 1. The second-order valence-electron chi connectivity index (χ2n) is 5.75. The molecule has 0 saturated carbocycles. The van der Waals surface area contributed by atoms with Gasteiger partial charge in [-0.25, -0.2) is 0 Å². The van der Waals surface area contributed by atoms with Gasteiger partial charge < -0.3 is 0 Å². The Morgan fingerprint density at radius 2 is 1.61 bits per heavy atom. The van der Waals surface area contributed by atoms with Crippen LogP contribution in [0.25, 0.3) is 11.1 Å². The van der Waals surface area contributed by atoms with E-state index in [0.29, 0.717) is 0 Å². The molecule has 112 valence electrons. The lowest BCUT2D eigenvalue weighted by Crippen LogP contribution is -2.14. The first kappa shape index (κ1) is 14.3. The van der Waals surface area contributed by atoms with Crippen LogP contribution in [0.2, 0.25) is 0 Å². The quantitative estimate of drug-likeness (QED) is 0.565. The molecule has 0 bridgehead atoms. The predicted octanol–water partition coefficient (Wildman–Crippen LogP) is 5.49. The summed E-state index contributed by atoms with van der Waals surface area (Å²) in [5, 5.41) is 0. The van der Waals surface area contributed by atoms with Gasteiger partial charge in [0.25, 0.3) is 0 Å². The Labute approximate surface area is 141 Å². The second kappa shape index (κ2) is 6.05. The largest absolute Gasteiger partial charge is 0.213 e. The molecular formula is C21H18NS+. The van der Waals surface area contributed by atoms with Crippen LogP contribution in [0.1, 0.15) is 11.1 Å². The van der Waals surface area contributed by atoms with Crippen molar-refractivity contribution in [2.45, 2.75) is 11.8 Å². The van der Waals surface area contributed by atoms with Crippen LogP contribution in [0.4, 0.5) is 5.69 Å². The van der Waals surface area contributed by atoms with Crippen molar-refractivity contribution in [3.8, 4) is 11.1 Å². The monoisotopic (exact) mass is 316 g/mol. The van der Waals surface area contributed by atoms with Crippen LogP contribution in [0, 0.1) is 6.92 Å². The van der Waals surface area contributed by atoms with Gasteiger partial charge in [-0.3, -0.25) is 0 Å². The van der Waals surface area contributed by atoms with E-state index in [-0.39, 0.29) is 0 Å². The number of hydrogen-bond donors (Lipinski definition) is 0. The molecule has 0 spiro atoms. The molecule has 0 radical (unpaired) electrons. The van der Waals surface area contributed by atoms with E-state index in [2.05, 4.69) is 90.5 Å². The number of nitrogens with zero attached hydrogens (tertiary/aromatic N) is 1. The van der Waals surface area contributed by atoms with Crippen LogP contribution in [-0.2, 0) is 0 Å². The average molecular weight is 316 g/mol. The van der Waals surface area contributed by atoms with Gasteiger partial charge in [-0.2, -0.15) is 4.58 Å². The van der Waals surface area contributed by atoms with E-state index in [1.54, 1.807) is 0 Å². The van der Waals surface area contributed by atoms with Gasteiger partial charge in [0, 0.05) is 11.0 Å². The third kappa shape index (κ3) is 2.71. The van der Waals surface area contributed by atoms with Crippen LogP contribution < -0.4 is 0 Å². The number of rotatable bonds is 2. The zero-order valence-corrected chi connectivity index (χ0v) is 13.9. The highest BCUT2D eigenvalue weighted by Gasteiger charge is 2.22. The number of fused-ring (bicyclic) bond motifs is 1. The summed E-state index contributed by atoms with van der Waals surface area (Å²) in [5.41, 5.74) is 6.47. The summed E-state index contributed by atoms with van der Waals surface area (Å²) >= 11 is 1.92. The molecule has 0 aliphatic carbocycles. The molecule has 0 N–H and O–H groups in total. The van der Waals surface area contributed by atoms with Gasteiger partial charge in [-0.15, -0.1) is 0 Å². The van der Waals surface area contributed by atoms with Crippen molar-refractivity contribution in [1.82, 2.24) is 0 Å². The average Bonchev–Trinajstić information content (AvgIpc) is 2.62. The minimum atomic E-state index is 0.946. The van der Waals surface area contributed by atoms with Crippen molar-refractivity contribution < 1.29 is 4.58 Å². The number of thioether (sulfide) groups is 1. The Morgan fingerprint density at radius 3 is 2.48 bits per heavy atom. The minimum Gasteiger partial charge on any atom is -0.188 e. The highest BCUT2D eigenvalue weighted by Crippen LogP contribution is 2.35. The fraction of sp³-hybridized carbons (Fsp3) is 0.0952. The van der Waals surface area contributed by atoms with Gasteiger partial charge in [0.05, 0.1) is 11.1 Å². The summed E-state index contributed by atoms with van der Waals surface area (Å²) in [6, 6.07) is 25.8. The molecule has 2 heteroatoms. The molecule has 1 aliphatic heterocycles. The first-order chi connectivity index (χ1) is 11.3. The smallest absolute Gasteiger partial charge is 0.188 e. The fourth-order valence-electron chi connectivity index (χ4n) is 3.04. The zero-order valence-electron chi connectivity index (χ0n) is 13.1. The van der Waals surface area contributed by atoms with Crippen molar-refractivity contribution in [2.24, 2.45) is 0 Å². The summed E-state index contributed by atoms with van der Waals surface area (Å²) < 4.78 is 2.36. The van der Waals surface area contributed by atoms with Crippen LogP contribution in [-0.4, -0.2) is 16.7 Å². The van der Waals surface area contributed by atoms with Crippen LogP contribution in [0.5, 0.6) is 0 Å². The van der Waals surface area contributed by atoms with E-state index in [0.717, 1.165) is 5.88 Å². The van der Waals surface area contributed by atoms with Crippen molar-refractivity contribution in [2.75, 3.05) is 5.88 Å². The van der Waals surface area contributed by atoms with Gasteiger partial charge in [0.2, 0.25) is 5.69 Å². The van der Waals surface area contributed by atoms with E-state index in [1.165, 1.54) is 32.8 Å². The summed E-state index contributed by atoms with van der Waals surface area (Å²) in [4.78, 5) is 1.40. The molecule has 1 aliphatic rings. The third-order valence-corrected chi connectivity index (χ3v) is 5.44. The fourth-order valence-corrected chi connectivity index (χ4v) is 4.10. The van der Waals surface area contributed by atoms with Gasteiger partial charge in [0.1, 0.15) is 0 Å². The van der Waals surface area contributed by atoms with Crippen molar-refractivity contribution in [1.29, 1.82) is 0 Å². The molecule has 1 heterocycles. The maximum Gasteiger partial charge on any atom is 0.213 e. The molecule has 23 heavy (non-hydrogen) atoms. The molecule has 0 fully saturated rings. The van der Waals surface area contributed by atoms with Gasteiger partial charge in [0.15, 0.2) is 12.1 Å². The van der Waals surface area contributed by atoms with Gasteiger partial charge in [-0.1, -0.05) is 66.4 Å². The lowest BCUT2D eigenvalue weighted by molar-refractivity contribution is -0.410. The Hall–Kier alpha value is -2.32. The number of benzene rings is 3. The zero-order chi connectivity index (χ0) is 15.6. The topological polar surface area (TPSA) is 3.01 Å². The van der Waals surface area contributed by atoms with Crippen LogP contribution in [0.3, 0.4) is 0 Å². The minimum absolute atomic E-state index is 0.946. The van der Waals surface area contributed by atoms with Gasteiger partial charge in [-0.05, 0) is 30.2 Å². The maximum atomic E-state index is 2.36. The first-order valence-corrected chi connectivity index (χ1v) is 8.80. The molecule has 0 amide bonds. The Morgan fingerprint density at radius 1 is 0.826 bits per heavy atom. The normalized spacial score (nSPS) is 13.3. The summed E-state index contributed by atoms with van der Waals surface area (Å²) in [7, 11) is 0. The molecule has 0 aromatic heterocycles. The molecule has 0 atom stereocenters. The summed E-state index contributed by atoms with van der Waals surface area (Å²) in [6.07, 6.45) is 2.28. The molecule has 1 nitrogen and oxygen atoms in total. The Balaban J connectivity index is 1.84. The SMILES string of the molecule is Cc1cccc2c1SC[N+](c1ccccc1-c1ccccc1)=C2. The standard InChI is InChI=1S/C21H18NS/c1-16-8-7-11-18-14-22(15-23-21(16)18)20-13-6-5-12-19(20)17-9-3-2-4-10-17/h2-14H,15H2,1H3/q+1. The maximum absolute atomic E-state index is 2.36. The lowest BCUT2D eigenvalue weighted by Gasteiger charge is -2.15. The van der Waals surface area contributed by atoms with Crippen LogP contribution in [0.15, 0.2) is 77.7 Å². The third-order valence-electron chi connectivity index (χ3n) is 4.18. The predicted molar refractivity (Wildman–Crippen MR) is 98.9 cm³/mol.